The van der Waals surface area contributed by atoms with Crippen LogP contribution in [0.5, 0.6) is 0 Å². The van der Waals surface area contributed by atoms with E-state index in [0.29, 0.717) is 17.9 Å². The fourth-order valence-electron chi connectivity index (χ4n) is 4.37. The summed E-state index contributed by atoms with van der Waals surface area (Å²) in [4.78, 5) is 11.6. The van der Waals surface area contributed by atoms with E-state index in [4.69, 9.17) is 10.7 Å². The Bertz CT molecular complexity index is 733. The minimum absolute atomic E-state index is 0. The number of halogens is 1. The highest BCUT2D eigenvalue weighted by Crippen LogP contribution is 2.34. The van der Waals surface area contributed by atoms with Crippen LogP contribution >= 0.6 is 23.7 Å². The summed E-state index contributed by atoms with van der Waals surface area (Å²) >= 11 is 1.92. The van der Waals surface area contributed by atoms with Crippen molar-refractivity contribution in [2.45, 2.75) is 45.3 Å². The van der Waals surface area contributed by atoms with E-state index in [1.807, 2.05) is 11.3 Å². The zero-order valence-corrected chi connectivity index (χ0v) is 17.9. The van der Waals surface area contributed by atoms with Gasteiger partial charge in [0.1, 0.15) is 5.01 Å². The summed E-state index contributed by atoms with van der Waals surface area (Å²) in [6.45, 7) is 10.7. The molecule has 0 spiro atoms. The lowest BCUT2D eigenvalue weighted by molar-refractivity contribution is 0.205. The number of likely N-dealkylation sites (tertiary alicyclic amines) is 1. The Balaban J connectivity index is 0.00000210. The van der Waals surface area contributed by atoms with Gasteiger partial charge in [0.25, 0.3) is 0 Å². The van der Waals surface area contributed by atoms with Crippen molar-refractivity contribution in [1.29, 1.82) is 0 Å². The predicted molar refractivity (Wildman–Crippen MR) is 116 cm³/mol. The van der Waals surface area contributed by atoms with Crippen LogP contribution < -0.4 is 5.73 Å². The van der Waals surface area contributed by atoms with Gasteiger partial charge in [-0.05, 0) is 31.9 Å². The Labute approximate surface area is 173 Å². The smallest absolute Gasteiger partial charge is 0.107 e. The molecular weight excluding hydrogens is 376 g/mol. The molecule has 2 atom stereocenters. The number of thiazole rings is 1. The molecular formula is C21H31ClN4S. The van der Waals surface area contributed by atoms with Crippen LogP contribution in [0.25, 0.3) is 0 Å². The van der Waals surface area contributed by atoms with Crippen LogP contribution in [0.15, 0.2) is 30.3 Å². The summed E-state index contributed by atoms with van der Waals surface area (Å²) in [7, 11) is 0. The van der Waals surface area contributed by atoms with E-state index in [-0.39, 0.29) is 12.4 Å². The number of fused-ring (bicyclic) bond motifs is 1. The van der Waals surface area contributed by atoms with Gasteiger partial charge in [0, 0.05) is 49.4 Å². The lowest BCUT2D eigenvalue weighted by atomic mass is 9.89. The zero-order valence-electron chi connectivity index (χ0n) is 16.3. The monoisotopic (exact) mass is 406 g/mol. The molecule has 1 aromatic heterocycles. The van der Waals surface area contributed by atoms with E-state index in [0.717, 1.165) is 45.7 Å². The molecule has 0 bridgehead atoms. The Morgan fingerprint density at radius 1 is 1.22 bits per heavy atom. The number of hydrogen-bond donors (Lipinski definition) is 1. The second-order valence-corrected chi connectivity index (χ2v) is 9.17. The van der Waals surface area contributed by atoms with Crippen molar-refractivity contribution < 1.29 is 0 Å². The first-order valence-electron chi connectivity index (χ1n) is 9.83. The lowest BCUT2D eigenvalue weighted by Crippen LogP contribution is -2.35. The van der Waals surface area contributed by atoms with Gasteiger partial charge < -0.3 is 5.73 Å². The fourth-order valence-corrected chi connectivity index (χ4v) is 5.56. The van der Waals surface area contributed by atoms with Crippen LogP contribution in [0.4, 0.5) is 0 Å². The molecule has 0 aliphatic carbocycles. The van der Waals surface area contributed by atoms with Crippen molar-refractivity contribution in [1.82, 2.24) is 14.8 Å². The molecule has 1 aromatic carbocycles. The summed E-state index contributed by atoms with van der Waals surface area (Å²) in [6.07, 6.45) is 1.10. The average Bonchev–Trinajstić information content (AvgIpc) is 3.25. The quantitative estimate of drug-likeness (QED) is 0.825. The highest BCUT2D eigenvalue weighted by Gasteiger charge is 2.33. The molecule has 6 heteroatoms. The Morgan fingerprint density at radius 3 is 2.70 bits per heavy atom. The molecule has 4 nitrogen and oxygen atoms in total. The van der Waals surface area contributed by atoms with E-state index in [9.17, 15) is 0 Å². The van der Waals surface area contributed by atoms with Gasteiger partial charge in [-0.25, -0.2) is 4.98 Å². The predicted octanol–water partition coefficient (Wildman–Crippen LogP) is 3.51. The highest BCUT2D eigenvalue weighted by molar-refractivity contribution is 7.11. The van der Waals surface area contributed by atoms with Gasteiger partial charge in [-0.15, -0.1) is 23.7 Å². The van der Waals surface area contributed by atoms with Crippen LogP contribution in [-0.4, -0.2) is 47.0 Å². The second kappa shape index (κ2) is 9.01. The van der Waals surface area contributed by atoms with Gasteiger partial charge in [-0.1, -0.05) is 30.3 Å². The van der Waals surface area contributed by atoms with Crippen LogP contribution in [0.1, 0.15) is 40.9 Å². The van der Waals surface area contributed by atoms with Gasteiger partial charge >= 0.3 is 0 Å². The van der Waals surface area contributed by atoms with Crippen molar-refractivity contribution >= 4 is 23.7 Å². The number of rotatable bonds is 5. The van der Waals surface area contributed by atoms with Crippen LogP contribution in [-0.2, 0) is 19.5 Å². The minimum Gasteiger partial charge on any atom is -0.330 e. The topological polar surface area (TPSA) is 45.4 Å². The molecule has 1 saturated heterocycles. The third-order valence-corrected chi connectivity index (χ3v) is 7.01. The summed E-state index contributed by atoms with van der Waals surface area (Å²) < 4.78 is 0. The maximum absolute atomic E-state index is 6.10. The SMILES string of the molecule is CC(C)N1CCc2nc(CN3C[C@@H](CN)[C@H](c4ccccc4)C3)sc2C1.Cl. The van der Waals surface area contributed by atoms with Crippen molar-refractivity contribution in [2.75, 3.05) is 26.2 Å². The summed E-state index contributed by atoms with van der Waals surface area (Å²) in [5.41, 5.74) is 8.87. The largest absolute Gasteiger partial charge is 0.330 e. The highest BCUT2D eigenvalue weighted by atomic mass is 35.5. The van der Waals surface area contributed by atoms with E-state index in [1.54, 1.807) is 0 Å². The minimum atomic E-state index is 0. The molecule has 2 aliphatic heterocycles. The molecule has 148 valence electrons. The van der Waals surface area contributed by atoms with Gasteiger partial charge in [0.2, 0.25) is 0 Å². The molecule has 4 rings (SSSR count). The average molecular weight is 407 g/mol. The first kappa shape index (κ1) is 20.7. The number of benzene rings is 1. The third kappa shape index (κ3) is 4.54. The Kier molecular flexibility index (Phi) is 6.93. The maximum atomic E-state index is 6.10. The van der Waals surface area contributed by atoms with Crippen LogP contribution in [0, 0.1) is 5.92 Å². The zero-order chi connectivity index (χ0) is 18.1. The van der Waals surface area contributed by atoms with Gasteiger partial charge in [0.15, 0.2) is 0 Å². The van der Waals surface area contributed by atoms with Crippen molar-refractivity contribution in [3.8, 4) is 0 Å². The van der Waals surface area contributed by atoms with Gasteiger partial charge in [-0.2, -0.15) is 0 Å². The normalized spacial score (nSPS) is 23.4. The van der Waals surface area contributed by atoms with Crippen LogP contribution in [0.3, 0.4) is 0 Å². The molecule has 0 amide bonds. The second-order valence-electron chi connectivity index (χ2n) is 8.00. The summed E-state index contributed by atoms with van der Waals surface area (Å²) in [5, 5.41) is 1.28. The molecule has 27 heavy (non-hydrogen) atoms. The van der Waals surface area contributed by atoms with Crippen molar-refractivity contribution in [2.24, 2.45) is 11.7 Å². The van der Waals surface area contributed by atoms with Gasteiger partial charge in [0.05, 0.1) is 12.2 Å². The van der Waals surface area contributed by atoms with E-state index in [1.165, 1.54) is 21.1 Å². The number of hydrogen-bond acceptors (Lipinski definition) is 5. The summed E-state index contributed by atoms with van der Waals surface area (Å²) in [5.74, 6) is 1.09. The number of nitrogens with two attached hydrogens (primary N) is 1. The van der Waals surface area contributed by atoms with Crippen molar-refractivity contribution in [3.05, 3.63) is 51.5 Å². The maximum Gasteiger partial charge on any atom is 0.107 e. The molecule has 0 radical (unpaired) electrons. The number of nitrogens with zero attached hydrogens (tertiary/aromatic N) is 3. The first-order valence-corrected chi connectivity index (χ1v) is 10.6. The third-order valence-electron chi connectivity index (χ3n) is 5.94. The standard InChI is InChI=1S/C21H30N4S.ClH/c1-15(2)25-9-8-19-20(13-25)26-21(23-19)14-24-11-17(10-22)18(12-24)16-6-4-3-5-7-16;/h3-7,15,17-18H,8-14,22H2,1-2H3;1H/t17-,18+;/m1./s1. The Hall–Kier alpha value is -0.980. The van der Waals surface area contributed by atoms with E-state index < -0.39 is 0 Å². The molecule has 1 fully saturated rings. The molecule has 2 N–H and O–H groups in total. The first-order chi connectivity index (χ1) is 12.6. The molecule has 0 unspecified atom stereocenters. The van der Waals surface area contributed by atoms with Crippen molar-refractivity contribution in [3.63, 3.8) is 0 Å². The molecule has 2 aliphatic rings. The fraction of sp³-hybridized carbons (Fsp3) is 0.571. The van der Waals surface area contributed by atoms with Crippen LogP contribution in [0.2, 0.25) is 0 Å². The Morgan fingerprint density at radius 2 is 2.00 bits per heavy atom. The van der Waals surface area contributed by atoms with E-state index in [2.05, 4.69) is 54.0 Å². The van der Waals surface area contributed by atoms with E-state index >= 15 is 0 Å². The molecule has 0 saturated carbocycles. The lowest BCUT2D eigenvalue weighted by Gasteiger charge is -2.29. The molecule has 2 aromatic rings. The number of aromatic nitrogens is 1. The molecule has 3 heterocycles. The summed E-state index contributed by atoms with van der Waals surface area (Å²) in [6, 6.07) is 11.5. The van der Waals surface area contributed by atoms with Gasteiger partial charge in [-0.3, -0.25) is 9.80 Å².